The second-order valence-electron chi connectivity index (χ2n) is 12.2. The molecule has 11 nitrogen and oxygen atoms in total. The maximum atomic E-state index is 13.4. The lowest BCUT2D eigenvalue weighted by molar-refractivity contribution is -0.143. The number of hydrazine groups is 1. The van der Waals surface area contributed by atoms with Crippen molar-refractivity contribution in [2.45, 2.75) is 91.6 Å². The molecule has 0 spiro atoms. The van der Waals surface area contributed by atoms with E-state index < -0.39 is 36.1 Å². The second-order valence-corrected chi connectivity index (χ2v) is 12.2. The predicted octanol–water partition coefficient (Wildman–Crippen LogP) is 3.43. The Morgan fingerprint density at radius 3 is 2.36 bits per heavy atom. The summed E-state index contributed by atoms with van der Waals surface area (Å²) in [4.78, 5) is 53.0. The first-order chi connectivity index (χ1) is 21.3. The van der Waals surface area contributed by atoms with Crippen LogP contribution in [0.15, 0.2) is 49.1 Å². The quantitative estimate of drug-likeness (QED) is 0.206. The molecule has 0 bridgehead atoms. The van der Waals surface area contributed by atoms with Crippen LogP contribution in [-0.2, 0) is 23.9 Å². The van der Waals surface area contributed by atoms with Crippen molar-refractivity contribution in [1.29, 1.82) is 0 Å². The monoisotopic (exact) mass is 627 g/mol. The van der Waals surface area contributed by atoms with Gasteiger partial charge in [0.25, 0.3) is 5.91 Å². The molecule has 1 unspecified atom stereocenters. The highest BCUT2D eigenvalue weighted by atomic mass is 16.5. The fourth-order valence-electron chi connectivity index (χ4n) is 5.18. The van der Waals surface area contributed by atoms with Crippen LogP contribution < -0.4 is 26.1 Å². The van der Waals surface area contributed by atoms with Gasteiger partial charge < -0.3 is 25.4 Å². The molecule has 1 heterocycles. The topological polar surface area (TPSA) is 138 Å². The molecule has 1 aromatic carbocycles. The number of benzene rings is 1. The van der Waals surface area contributed by atoms with Gasteiger partial charge in [0.05, 0.1) is 18.1 Å². The fraction of sp³-hybridized carbons (Fsp3) is 0.588. The minimum Gasteiger partial charge on any atom is -0.490 e. The molecule has 0 aromatic heterocycles. The van der Waals surface area contributed by atoms with E-state index in [0.29, 0.717) is 31.7 Å². The number of ether oxygens (including phenoxy) is 2. The Kier molecular flexibility index (Phi) is 15.3. The summed E-state index contributed by atoms with van der Waals surface area (Å²) in [6, 6.07) is 4.98. The molecule has 1 aliphatic rings. The van der Waals surface area contributed by atoms with Gasteiger partial charge in [0, 0.05) is 13.7 Å². The molecule has 1 fully saturated rings. The summed E-state index contributed by atoms with van der Waals surface area (Å²) < 4.78 is 11.1. The Labute approximate surface area is 268 Å². The highest BCUT2D eigenvalue weighted by Crippen LogP contribution is 2.26. The third-order valence-electron chi connectivity index (χ3n) is 7.85. The van der Waals surface area contributed by atoms with Crippen LogP contribution in [0.3, 0.4) is 0 Å². The summed E-state index contributed by atoms with van der Waals surface area (Å²) >= 11 is 0. The average molecular weight is 628 g/mol. The van der Waals surface area contributed by atoms with Gasteiger partial charge in [0.15, 0.2) is 0 Å². The predicted molar refractivity (Wildman–Crippen MR) is 175 cm³/mol. The number of nitrogens with one attached hydrogen (secondary N) is 4. The highest BCUT2D eigenvalue weighted by molar-refractivity contribution is 5.92. The molecule has 4 N–H and O–H groups in total. The van der Waals surface area contributed by atoms with Gasteiger partial charge in [-0.1, -0.05) is 71.6 Å². The van der Waals surface area contributed by atoms with E-state index >= 15 is 0 Å². The van der Waals surface area contributed by atoms with Crippen molar-refractivity contribution in [2.75, 3.05) is 20.3 Å². The lowest BCUT2D eigenvalue weighted by Crippen LogP contribution is -2.62. The second kappa shape index (κ2) is 18.3. The van der Waals surface area contributed by atoms with Crippen LogP contribution >= 0.6 is 0 Å². The van der Waals surface area contributed by atoms with Crippen LogP contribution in [0.25, 0.3) is 0 Å². The van der Waals surface area contributed by atoms with Crippen LogP contribution in [0.5, 0.6) is 5.75 Å². The molecular weight excluding hydrogens is 574 g/mol. The molecular formula is C34H53N5O6. The fourth-order valence-corrected chi connectivity index (χ4v) is 5.18. The van der Waals surface area contributed by atoms with E-state index in [2.05, 4.69) is 28.0 Å². The Hall–Kier alpha value is -3.70. The van der Waals surface area contributed by atoms with Gasteiger partial charge in [-0.3, -0.25) is 24.2 Å². The summed E-state index contributed by atoms with van der Waals surface area (Å²) in [6.07, 6.45) is 6.01. The minimum absolute atomic E-state index is 0.0982. The molecule has 1 saturated heterocycles. The molecule has 6 atom stereocenters. The van der Waals surface area contributed by atoms with E-state index in [1.165, 1.54) is 12.1 Å². The molecule has 1 aliphatic heterocycles. The van der Waals surface area contributed by atoms with Gasteiger partial charge in [-0.15, -0.1) is 0 Å². The largest absolute Gasteiger partial charge is 0.490 e. The molecule has 0 radical (unpaired) electrons. The zero-order valence-corrected chi connectivity index (χ0v) is 28.1. The van der Waals surface area contributed by atoms with Gasteiger partial charge in [-0.2, -0.15) is 0 Å². The minimum atomic E-state index is -0.890. The Balaban J connectivity index is 2.04. The zero-order valence-electron chi connectivity index (χ0n) is 28.1. The maximum Gasteiger partial charge on any atom is 0.258 e. The number of carbonyl (C=O) groups is 4. The number of methoxy groups -OCH3 is 1. The molecule has 11 heteroatoms. The van der Waals surface area contributed by atoms with E-state index in [0.717, 1.165) is 5.56 Å². The molecule has 2 rings (SSSR count). The van der Waals surface area contributed by atoms with Crippen molar-refractivity contribution in [2.24, 2.45) is 17.8 Å². The number of nitrogens with zero attached hydrogens (tertiary/aromatic N) is 1. The summed E-state index contributed by atoms with van der Waals surface area (Å²) in [6.45, 7) is 17.3. The number of carbonyl (C=O) groups excluding carboxylic acids is 4. The SMILES string of the molecule is C=CCOc1cccc([C@H](NC(=O)C2CCCN(C(=O)[C@H](C)NC(=O)[C@@H](NC(=O)[C@H](C)[C@@H](/C=C/C)OC)C(C)C)N2)C(C)C)c1. The van der Waals surface area contributed by atoms with Crippen LogP contribution in [0.1, 0.15) is 72.9 Å². The standard InChI is InChI=1S/C34H53N5O6/c1-10-14-28(44-9)23(7)31(40)37-30(22(5)6)33(42)35-24(8)34(43)39-18-13-17-27(38-39)32(41)36-29(21(3)4)25-15-12-16-26(20-25)45-19-11-2/h10-12,14-16,20-24,27-30,38H,2,13,17-19H2,1,3-9H3,(H,35,42)(H,36,41)(H,37,40)/b14-10+/t23-,24+,27?,28-,29-,30+/m1/s1. The van der Waals surface area contributed by atoms with Gasteiger partial charge >= 0.3 is 0 Å². The summed E-state index contributed by atoms with van der Waals surface area (Å²) in [5.74, 6) is -1.34. The molecule has 4 amide bonds. The summed E-state index contributed by atoms with van der Waals surface area (Å²) in [5, 5.41) is 10.1. The number of allylic oxidation sites excluding steroid dienone is 1. The first-order valence-electron chi connectivity index (χ1n) is 15.8. The van der Waals surface area contributed by atoms with Crippen LogP contribution in [0.2, 0.25) is 0 Å². The third kappa shape index (κ3) is 11.0. The zero-order chi connectivity index (χ0) is 33.7. The number of hydrogen-bond acceptors (Lipinski definition) is 7. The first kappa shape index (κ1) is 37.5. The van der Waals surface area contributed by atoms with Gasteiger partial charge in [0.1, 0.15) is 30.5 Å². The van der Waals surface area contributed by atoms with Crippen molar-refractivity contribution < 1.29 is 28.7 Å². The Morgan fingerprint density at radius 2 is 1.76 bits per heavy atom. The Morgan fingerprint density at radius 1 is 1.04 bits per heavy atom. The maximum absolute atomic E-state index is 13.4. The molecule has 0 aliphatic carbocycles. The average Bonchev–Trinajstić information content (AvgIpc) is 3.02. The van der Waals surface area contributed by atoms with Crippen molar-refractivity contribution in [1.82, 2.24) is 26.4 Å². The van der Waals surface area contributed by atoms with Gasteiger partial charge in [0.2, 0.25) is 17.7 Å². The van der Waals surface area contributed by atoms with Gasteiger partial charge in [-0.05, 0) is 56.2 Å². The van der Waals surface area contributed by atoms with E-state index in [-0.39, 0.29) is 35.6 Å². The lowest BCUT2D eigenvalue weighted by atomic mass is 9.95. The van der Waals surface area contributed by atoms with Gasteiger partial charge in [-0.25, -0.2) is 5.43 Å². The van der Waals surface area contributed by atoms with Crippen molar-refractivity contribution in [3.63, 3.8) is 0 Å². The number of amides is 4. The normalized spacial score (nSPS) is 18.5. The number of rotatable bonds is 16. The van der Waals surface area contributed by atoms with E-state index in [9.17, 15) is 19.2 Å². The van der Waals surface area contributed by atoms with E-state index in [4.69, 9.17) is 9.47 Å². The van der Waals surface area contributed by atoms with Crippen LogP contribution in [0.4, 0.5) is 0 Å². The summed E-state index contributed by atoms with van der Waals surface area (Å²) in [7, 11) is 1.53. The lowest BCUT2D eigenvalue weighted by Gasteiger charge is -2.36. The van der Waals surface area contributed by atoms with Crippen molar-refractivity contribution in [3.8, 4) is 5.75 Å². The molecule has 1 aromatic rings. The first-order valence-corrected chi connectivity index (χ1v) is 15.8. The Bertz CT molecular complexity index is 1190. The number of hydrogen-bond donors (Lipinski definition) is 4. The van der Waals surface area contributed by atoms with Crippen molar-refractivity contribution >= 4 is 23.6 Å². The van der Waals surface area contributed by atoms with E-state index in [1.54, 1.807) is 26.0 Å². The molecule has 45 heavy (non-hydrogen) atoms. The highest BCUT2D eigenvalue weighted by Gasteiger charge is 2.34. The van der Waals surface area contributed by atoms with Crippen molar-refractivity contribution in [3.05, 3.63) is 54.6 Å². The molecule has 250 valence electrons. The third-order valence-corrected chi connectivity index (χ3v) is 7.85. The van der Waals surface area contributed by atoms with Crippen LogP contribution in [-0.4, -0.2) is 73.1 Å². The molecule has 0 saturated carbocycles. The van der Waals surface area contributed by atoms with E-state index in [1.807, 2.05) is 65.0 Å². The smallest absolute Gasteiger partial charge is 0.258 e. The summed E-state index contributed by atoms with van der Waals surface area (Å²) in [5.41, 5.74) is 3.98. The van der Waals surface area contributed by atoms with Crippen LogP contribution in [0, 0.1) is 17.8 Å².